The van der Waals surface area contributed by atoms with Crippen LogP contribution in [0.15, 0.2) is 47.6 Å². The summed E-state index contributed by atoms with van der Waals surface area (Å²) < 4.78 is 36.3. The highest BCUT2D eigenvalue weighted by molar-refractivity contribution is 7.92. The number of hydrogen-bond donors (Lipinski definition) is 1. The highest BCUT2D eigenvalue weighted by Gasteiger charge is 2.33. The lowest BCUT2D eigenvalue weighted by molar-refractivity contribution is -0.130. The average molecular weight is 417 g/mol. The predicted molar refractivity (Wildman–Crippen MR) is 111 cm³/mol. The van der Waals surface area contributed by atoms with E-state index in [2.05, 4.69) is 9.82 Å². The molecule has 2 aromatic rings. The summed E-state index contributed by atoms with van der Waals surface area (Å²) in [6.45, 7) is 1.45. The smallest absolute Gasteiger partial charge is 0.240 e. The van der Waals surface area contributed by atoms with E-state index in [-0.39, 0.29) is 11.9 Å². The van der Waals surface area contributed by atoms with Gasteiger partial charge in [0.25, 0.3) is 0 Å². The number of amides is 1. The zero-order valence-corrected chi connectivity index (χ0v) is 17.5. The number of benzene rings is 2. The molecule has 1 atom stereocenters. The van der Waals surface area contributed by atoms with Crippen molar-refractivity contribution in [3.05, 3.63) is 53.6 Å². The average Bonchev–Trinajstić information content (AvgIpc) is 3.12. The van der Waals surface area contributed by atoms with E-state index in [9.17, 15) is 13.2 Å². The monoisotopic (exact) mass is 417 g/mol. The van der Waals surface area contributed by atoms with E-state index in [1.807, 2.05) is 12.1 Å². The van der Waals surface area contributed by atoms with Crippen molar-refractivity contribution in [2.24, 2.45) is 5.10 Å². The molecule has 8 nitrogen and oxygen atoms in total. The summed E-state index contributed by atoms with van der Waals surface area (Å²) in [4.78, 5) is 12.3. The maximum Gasteiger partial charge on any atom is 0.240 e. The van der Waals surface area contributed by atoms with Crippen LogP contribution in [0.3, 0.4) is 0 Å². The van der Waals surface area contributed by atoms with Gasteiger partial charge in [0.05, 0.1) is 32.2 Å². The molecule has 0 saturated carbocycles. The first kappa shape index (κ1) is 20.7. The normalized spacial score (nSPS) is 16.3. The Bertz CT molecular complexity index is 1070. The first-order valence-corrected chi connectivity index (χ1v) is 10.8. The molecule has 1 aliphatic heterocycles. The van der Waals surface area contributed by atoms with E-state index >= 15 is 0 Å². The number of ether oxygens (including phenoxy) is 2. The number of rotatable bonds is 6. The Morgan fingerprint density at radius 1 is 1.17 bits per heavy atom. The Morgan fingerprint density at radius 2 is 1.93 bits per heavy atom. The lowest BCUT2D eigenvalue weighted by Gasteiger charge is -2.22. The summed E-state index contributed by atoms with van der Waals surface area (Å²) in [6.07, 6.45) is 1.54. The Hall–Kier alpha value is -3.07. The minimum atomic E-state index is -3.40. The zero-order valence-electron chi connectivity index (χ0n) is 16.7. The van der Waals surface area contributed by atoms with Crippen molar-refractivity contribution in [2.45, 2.75) is 19.4 Å². The van der Waals surface area contributed by atoms with E-state index in [0.717, 1.165) is 17.4 Å². The third-order valence-corrected chi connectivity index (χ3v) is 5.13. The van der Waals surface area contributed by atoms with Crippen molar-refractivity contribution in [3.8, 4) is 11.5 Å². The SMILES string of the molecule is COc1ccc(OC)c([C@H]2CC(c3cccc(NS(C)(=O)=O)c3)=NN2C(C)=O)c1. The number of sulfonamides is 1. The second-order valence-corrected chi connectivity index (χ2v) is 8.44. The van der Waals surface area contributed by atoms with E-state index in [1.54, 1.807) is 44.6 Å². The number of carbonyl (C=O) groups is 1. The fraction of sp³-hybridized carbons (Fsp3) is 0.300. The Morgan fingerprint density at radius 3 is 2.55 bits per heavy atom. The van der Waals surface area contributed by atoms with Gasteiger partial charge in [-0.15, -0.1) is 0 Å². The number of nitrogens with zero attached hydrogens (tertiary/aromatic N) is 2. The molecule has 0 spiro atoms. The molecule has 29 heavy (non-hydrogen) atoms. The predicted octanol–water partition coefficient (Wildman–Crippen LogP) is 2.77. The molecule has 154 valence electrons. The van der Waals surface area contributed by atoms with E-state index in [0.29, 0.717) is 29.3 Å². The maximum atomic E-state index is 12.3. The second-order valence-electron chi connectivity index (χ2n) is 6.69. The maximum absolute atomic E-state index is 12.3. The Kier molecular flexibility index (Phi) is 5.78. The van der Waals surface area contributed by atoms with Crippen molar-refractivity contribution < 1.29 is 22.7 Å². The van der Waals surface area contributed by atoms with Gasteiger partial charge in [-0.05, 0) is 35.9 Å². The van der Waals surface area contributed by atoms with Crippen molar-refractivity contribution in [3.63, 3.8) is 0 Å². The van der Waals surface area contributed by atoms with Crippen LogP contribution in [0, 0.1) is 0 Å². The molecule has 0 saturated heterocycles. The fourth-order valence-corrected chi connectivity index (χ4v) is 3.85. The van der Waals surface area contributed by atoms with Gasteiger partial charge in [-0.2, -0.15) is 5.10 Å². The summed E-state index contributed by atoms with van der Waals surface area (Å²) >= 11 is 0. The summed E-state index contributed by atoms with van der Waals surface area (Å²) in [5.41, 5.74) is 2.62. The molecular weight excluding hydrogens is 394 g/mol. The zero-order chi connectivity index (χ0) is 21.2. The molecule has 3 rings (SSSR count). The largest absolute Gasteiger partial charge is 0.497 e. The van der Waals surface area contributed by atoms with Crippen LogP contribution in [0.25, 0.3) is 0 Å². The number of anilines is 1. The molecule has 9 heteroatoms. The van der Waals surface area contributed by atoms with Crippen LogP contribution < -0.4 is 14.2 Å². The molecular formula is C20H23N3O5S. The van der Waals surface area contributed by atoms with Gasteiger partial charge in [0.2, 0.25) is 15.9 Å². The second kappa shape index (κ2) is 8.12. The van der Waals surface area contributed by atoms with E-state index in [1.165, 1.54) is 11.9 Å². The minimum absolute atomic E-state index is 0.208. The van der Waals surface area contributed by atoms with E-state index < -0.39 is 10.0 Å². The molecule has 0 radical (unpaired) electrons. The molecule has 0 fully saturated rings. The van der Waals surface area contributed by atoms with Gasteiger partial charge in [-0.1, -0.05) is 12.1 Å². The number of nitrogens with one attached hydrogen (secondary N) is 1. The Labute approximate surface area is 170 Å². The topological polar surface area (TPSA) is 97.3 Å². The van der Waals surface area contributed by atoms with Gasteiger partial charge >= 0.3 is 0 Å². The molecule has 1 amide bonds. The van der Waals surface area contributed by atoms with Crippen LogP contribution in [-0.4, -0.2) is 45.5 Å². The lowest BCUT2D eigenvalue weighted by Crippen LogP contribution is -2.24. The standard InChI is InChI=1S/C20H23N3O5S/c1-13(24)23-19(17-11-16(27-2)8-9-20(17)28-3)12-18(21-23)14-6-5-7-15(10-14)22-29(4,25)26/h5-11,19,22H,12H2,1-4H3/t19-/m1/s1. The van der Waals surface area contributed by atoms with Crippen LogP contribution >= 0.6 is 0 Å². The van der Waals surface area contributed by atoms with E-state index in [4.69, 9.17) is 9.47 Å². The third-order valence-electron chi connectivity index (χ3n) is 4.53. The molecule has 0 bridgehead atoms. The lowest BCUT2D eigenvalue weighted by atomic mass is 9.97. The third kappa shape index (κ3) is 4.68. The van der Waals surface area contributed by atoms with Crippen molar-refractivity contribution in [1.82, 2.24) is 5.01 Å². The molecule has 1 aliphatic rings. The molecule has 0 aliphatic carbocycles. The molecule has 1 heterocycles. The van der Waals surface area contributed by atoms with Crippen LogP contribution in [0.5, 0.6) is 11.5 Å². The quantitative estimate of drug-likeness (QED) is 0.779. The molecule has 0 unspecified atom stereocenters. The molecule has 0 aromatic heterocycles. The van der Waals surface area contributed by atoms with Crippen LogP contribution in [0.2, 0.25) is 0 Å². The van der Waals surface area contributed by atoms with Gasteiger partial charge in [0, 0.05) is 24.6 Å². The summed E-state index contributed by atoms with van der Waals surface area (Å²) in [6, 6.07) is 12.0. The summed E-state index contributed by atoms with van der Waals surface area (Å²) in [5.74, 6) is 1.07. The first-order valence-electron chi connectivity index (χ1n) is 8.89. The minimum Gasteiger partial charge on any atom is -0.497 e. The molecule has 1 N–H and O–H groups in total. The molecule has 2 aromatic carbocycles. The van der Waals surface area contributed by atoms with Crippen molar-refractivity contribution >= 4 is 27.3 Å². The van der Waals surface area contributed by atoms with Crippen LogP contribution in [0.1, 0.15) is 30.5 Å². The number of hydrazone groups is 1. The van der Waals surface area contributed by atoms with Crippen LogP contribution in [-0.2, 0) is 14.8 Å². The number of methoxy groups -OCH3 is 2. The first-order chi connectivity index (χ1) is 13.7. The Balaban J connectivity index is 1.98. The number of hydrogen-bond acceptors (Lipinski definition) is 6. The fourth-order valence-electron chi connectivity index (χ4n) is 3.29. The number of carbonyl (C=O) groups excluding carboxylic acids is 1. The van der Waals surface area contributed by atoms with Gasteiger partial charge in [0.15, 0.2) is 0 Å². The highest BCUT2D eigenvalue weighted by atomic mass is 32.2. The van der Waals surface area contributed by atoms with Gasteiger partial charge in [-0.3, -0.25) is 9.52 Å². The highest BCUT2D eigenvalue weighted by Crippen LogP contribution is 2.39. The van der Waals surface area contributed by atoms with Gasteiger partial charge in [-0.25, -0.2) is 13.4 Å². The summed E-state index contributed by atoms with van der Waals surface area (Å²) in [5, 5.41) is 5.93. The summed E-state index contributed by atoms with van der Waals surface area (Å²) in [7, 11) is -0.252. The van der Waals surface area contributed by atoms with Gasteiger partial charge in [0.1, 0.15) is 11.5 Å². The van der Waals surface area contributed by atoms with Crippen molar-refractivity contribution in [2.75, 3.05) is 25.2 Å². The van der Waals surface area contributed by atoms with Crippen molar-refractivity contribution in [1.29, 1.82) is 0 Å². The van der Waals surface area contributed by atoms with Gasteiger partial charge < -0.3 is 9.47 Å². The van der Waals surface area contributed by atoms with Crippen LogP contribution in [0.4, 0.5) is 5.69 Å².